The summed E-state index contributed by atoms with van der Waals surface area (Å²) in [6, 6.07) is 0. The second-order valence-corrected chi connectivity index (χ2v) is 18.0. The molecule has 0 aliphatic carbocycles. The predicted molar refractivity (Wildman–Crippen MR) is 205 cm³/mol. The minimum absolute atomic E-state index is 0.107. The first-order chi connectivity index (χ1) is 23.5. The third-order valence-electron chi connectivity index (χ3n) is 10.7. The Kier molecular flexibility index (Phi) is 19.9. The molecule has 2 rings (SSSR count). The van der Waals surface area contributed by atoms with Crippen molar-refractivity contribution in [3.63, 3.8) is 0 Å². The fourth-order valence-electron chi connectivity index (χ4n) is 8.67. The normalized spacial score (nSPS) is 20.9. The molecule has 2 aliphatic rings. The van der Waals surface area contributed by atoms with Gasteiger partial charge in [-0.25, -0.2) is 0 Å². The molecule has 2 aliphatic heterocycles. The van der Waals surface area contributed by atoms with Crippen LogP contribution in [0.25, 0.3) is 0 Å². The van der Waals surface area contributed by atoms with Crippen molar-refractivity contribution in [3.8, 4) is 0 Å². The van der Waals surface area contributed by atoms with E-state index in [1.807, 2.05) is 0 Å². The molecule has 0 aromatic rings. The van der Waals surface area contributed by atoms with Gasteiger partial charge in [-0.1, -0.05) is 90.9 Å². The number of ether oxygens (including phenoxy) is 2. The van der Waals surface area contributed by atoms with E-state index in [1.54, 1.807) is 0 Å². The van der Waals surface area contributed by atoms with E-state index >= 15 is 0 Å². The van der Waals surface area contributed by atoms with Crippen LogP contribution in [0.3, 0.4) is 0 Å². The lowest BCUT2D eigenvalue weighted by atomic mass is 9.80. The molecule has 0 amide bonds. The van der Waals surface area contributed by atoms with Gasteiger partial charge in [-0.2, -0.15) is 10.1 Å². The van der Waals surface area contributed by atoms with E-state index in [9.17, 15) is 9.59 Å². The number of carbonyl (C=O) groups excluding carboxylic acids is 2. The number of carbonyl (C=O) groups is 2. The summed E-state index contributed by atoms with van der Waals surface area (Å²) in [5, 5.41) is 4.33. The molecule has 0 N–H and O–H groups in total. The van der Waals surface area contributed by atoms with Crippen molar-refractivity contribution in [1.82, 2.24) is 10.1 Å². The van der Waals surface area contributed by atoms with Crippen LogP contribution < -0.4 is 0 Å². The SMILES string of the molecule is CCCCCCCCON1C(C)(C)CC(OC(=O)CCCCCCC(=O)OC2CC(C)(C)N(OCCCCCCCC)C(C)(C)C2)CC1(C)C. The summed E-state index contributed by atoms with van der Waals surface area (Å²) in [5.41, 5.74) is -0.861. The van der Waals surface area contributed by atoms with Crippen LogP contribution in [0.1, 0.15) is 210 Å². The van der Waals surface area contributed by atoms with Gasteiger partial charge in [0.15, 0.2) is 0 Å². The molecule has 0 aromatic carbocycles. The number of unbranched alkanes of at least 4 members (excludes halogenated alkanes) is 13. The highest BCUT2D eigenvalue weighted by molar-refractivity contribution is 5.70. The third-order valence-corrected chi connectivity index (χ3v) is 10.7. The quantitative estimate of drug-likeness (QED) is 0.0685. The summed E-state index contributed by atoms with van der Waals surface area (Å²) in [7, 11) is 0. The number of hydrogen-bond donors (Lipinski definition) is 0. The van der Waals surface area contributed by atoms with E-state index in [-0.39, 0.29) is 46.3 Å². The third kappa shape index (κ3) is 16.2. The zero-order valence-electron chi connectivity index (χ0n) is 34.5. The zero-order chi connectivity index (χ0) is 37.3. The van der Waals surface area contributed by atoms with Gasteiger partial charge in [0.05, 0.1) is 13.2 Å². The second-order valence-electron chi connectivity index (χ2n) is 18.0. The van der Waals surface area contributed by atoms with Gasteiger partial charge in [-0.3, -0.25) is 19.3 Å². The maximum atomic E-state index is 12.8. The Morgan fingerprint density at radius 3 is 1.06 bits per heavy atom. The molecule has 0 atom stereocenters. The van der Waals surface area contributed by atoms with Crippen molar-refractivity contribution in [2.24, 2.45) is 0 Å². The zero-order valence-corrected chi connectivity index (χ0v) is 34.5. The number of hydroxylamine groups is 4. The molecule has 8 heteroatoms. The fourth-order valence-corrected chi connectivity index (χ4v) is 8.67. The Hall–Kier alpha value is -1.22. The molecule has 0 unspecified atom stereocenters. The highest BCUT2D eigenvalue weighted by Crippen LogP contribution is 2.41. The van der Waals surface area contributed by atoms with Crippen LogP contribution in [0.4, 0.5) is 0 Å². The van der Waals surface area contributed by atoms with E-state index in [0.29, 0.717) is 12.8 Å². The summed E-state index contributed by atoms with van der Waals surface area (Å²) in [6.45, 7) is 23.5. The Labute approximate surface area is 308 Å². The minimum atomic E-state index is -0.215. The average Bonchev–Trinajstić information content (AvgIpc) is 2.99. The molecular formula is C42H80N2O6. The fraction of sp³-hybridized carbons (Fsp3) is 0.952. The Morgan fingerprint density at radius 1 is 0.460 bits per heavy atom. The van der Waals surface area contributed by atoms with Crippen molar-refractivity contribution in [2.75, 3.05) is 13.2 Å². The lowest BCUT2D eigenvalue weighted by molar-refractivity contribution is -0.293. The first kappa shape index (κ1) is 44.9. The summed E-state index contributed by atoms with van der Waals surface area (Å²) >= 11 is 0. The smallest absolute Gasteiger partial charge is 0.306 e. The standard InChI is InChI=1S/C42H80N2O6/c1-11-13-15-17-21-25-29-47-43-39(3,4)31-35(32-40(43,5)6)49-37(45)27-23-19-20-24-28-38(46)50-36-33-41(7,8)44(42(9,10)34-36)48-30-26-22-18-16-14-12-2/h35-36H,11-34H2,1-10H3. The highest BCUT2D eigenvalue weighted by atomic mass is 16.7. The van der Waals surface area contributed by atoms with Gasteiger partial charge in [0.2, 0.25) is 0 Å². The molecule has 2 saturated heterocycles. The van der Waals surface area contributed by atoms with Gasteiger partial charge in [-0.15, -0.1) is 0 Å². The van der Waals surface area contributed by atoms with Crippen molar-refractivity contribution in [3.05, 3.63) is 0 Å². The maximum Gasteiger partial charge on any atom is 0.306 e. The molecule has 8 nitrogen and oxygen atoms in total. The molecular weight excluding hydrogens is 628 g/mol. The van der Waals surface area contributed by atoms with Gasteiger partial charge >= 0.3 is 11.9 Å². The predicted octanol–water partition coefficient (Wildman–Crippen LogP) is 11.0. The van der Waals surface area contributed by atoms with E-state index in [4.69, 9.17) is 19.1 Å². The number of esters is 2. The van der Waals surface area contributed by atoms with Crippen LogP contribution in [-0.4, -0.2) is 69.6 Å². The summed E-state index contributed by atoms with van der Waals surface area (Å²) in [6.07, 6.45) is 22.0. The molecule has 0 spiro atoms. The van der Waals surface area contributed by atoms with Gasteiger partial charge in [0.25, 0.3) is 0 Å². The molecule has 2 fully saturated rings. The van der Waals surface area contributed by atoms with Crippen LogP contribution in [0.2, 0.25) is 0 Å². The summed E-state index contributed by atoms with van der Waals surface area (Å²) in [4.78, 5) is 38.3. The lowest BCUT2D eigenvalue weighted by Gasteiger charge is -2.53. The van der Waals surface area contributed by atoms with Crippen LogP contribution in [0.15, 0.2) is 0 Å². The Balaban J connectivity index is 1.63. The number of nitrogens with zero attached hydrogens (tertiary/aromatic N) is 2. The Bertz CT molecular complexity index is 852. The van der Waals surface area contributed by atoms with Crippen LogP contribution in [0.5, 0.6) is 0 Å². The number of piperidine rings is 2. The largest absolute Gasteiger partial charge is 0.462 e. The van der Waals surface area contributed by atoms with E-state index < -0.39 is 0 Å². The van der Waals surface area contributed by atoms with Crippen molar-refractivity contribution < 1.29 is 28.7 Å². The van der Waals surface area contributed by atoms with Crippen molar-refractivity contribution in [2.45, 2.75) is 245 Å². The van der Waals surface area contributed by atoms with Gasteiger partial charge in [-0.05, 0) is 81.1 Å². The maximum absolute atomic E-state index is 12.8. The Morgan fingerprint density at radius 2 is 0.740 bits per heavy atom. The second kappa shape index (κ2) is 22.1. The monoisotopic (exact) mass is 709 g/mol. The number of hydrogen-bond acceptors (Lipinski definition) is 8. The van der Waals surface area contributed by atoms with Crippen LogP contribution in [0, 0.1) is 0 Å². The number of rotatable bonds is 25. The minimum Gasteiger partial charge on any atom is -0.462 e. The van der Waals surface area contributed by atoms with Gasteiger partial charge < -0.3 is 9.47 Å². The lowest BCUT2D eigenvalue weighted by Crippen LogP contribution is -2.62. The van der Waals surface area contributed by atoms with E-state index in [1.165, 1.54) is 64.2 Å². The van der Waals surface area contributed by atoms with E-state index in [0.717, 1.165) is 77.4 Å². The highest BCUT2D eigenvalue weighted by Gasteiger charge is 2.49. The first-order valence-electron chi connectivity index (χ1n) is 20.8. The topological polar surface area (TPSA) is 77.5 Å². The summed E-state index contributed by atoms with van der Waals surface area (Å²) < 4.78 is 12.0. The van der Waals surface area contributed by atoms with Crippen LogP contribution in [-0.2, 0) is 28.7 Å². The van der Waals surface area contributed by atoms with Crippen LogP contribution >= 0.6 is 0 Å². The van der Waals surface area contributed by atoms with Gasteiger partial charge in [0.1, 0.15) is 12.2 Å². The molecule has 2 heterocycles. The molecule has 0 saturated carbocycles. The average molecular weight is 709 g/mol. The molecule has 0 aromatic heterocycles. The molecule has 50 heavy (non-hydrogen) atoms. The molecule has 0 radical (unpaired) electrons. The summed E-state index contributed by atoms with van der Waals surface area (Å²) in [5.74, 6) is -0.232. The van der Waals surface area contributed by atoms with E-state index in [2.05, 4.69) is 79.4 Å². The first-order valence-corrected chi connectivity index (χ1v) is 20.8. The molecule has 294 valence electrons. The molecule has 0 bridgehead atoms. The van der Waals surface area contributed by atoms with Crippen molar-refractivity contribution >= 4 is 11.9 Å². The van der Waals surface area contributed by atoms with Crippen molar-refractivity contribution in [1.29, 1.82) is 0 Å². The van der Waals surface area contributed by atoms with Gasteiger partial charge in [0, 0.05) is 60.7 Å².